The van der Waals surface area contributed by atoms with Gasteiger partial charge in [-0.2, -0.15) is 0 Å². The highest BCUT2D eigenvalue weighted by atomic mass is 16.5. The van der Waals surface area contributed by atoms with Gasteiger partial charge in [-0.05, 0) is 29.8 Å². The normalized spacial score (nSPS) is 16.5. The maximum absolute atomic E-state index is 5.97. The van der Waals surface area contributed by atoms with Gasteiger partial charge >= 0.3 is 0 Å². The summed E-state index contributed by atoms with van der Waals surface area (Å²) in [5.74, 6) is 0.897. The Morgan fingerprint density at radius 1 is 1.08 bits per heavy atom. The van der Waals surface area contributed by atoms with Gasteiger partial charge in [-0.1, -0.05) is 6.07 Å². The van der Waals surface area contributed by atoms with Crippen molar-refractivity contribution in [3.8, 4) is 22.6 Å². The van der Waals surface area contributed by atoms with Gasteiger partial charge in [-0.25, -0.2) is 4.98 Å². The number of morpholine rings is 1. The Morgan fingerprint density at radius 2 is 2.00 bits per heavy atom. The van der Waals surface area contributed by atoms with E-state index in [1.807, 2.05) is 18.5 Å². The molecule has 2 aliphatic carbocycles. The van der Waals surface area contributed by atoms with Crippen LogP contribution in [0.15, 0.2) is 42.7 Å². The van der Waals surface area contributed by atoms with Crippen LogP contribution in [0, 0.1) is 0 Å². The number of ether oxygens (including phenoxy) is 2. The van der Waals surface area contributed by atoms with E-state index >= 15 is 0 Å². The molecule has 0 N–H and O–H groups in total. The van der Waals surface area contributed by atoms with Crippen molar-refractivity contribution in [2.24, 2.45) is 0 Å². The van der Waals surface area contributed by atoms with Crippen molar-refractivity contribution in [1.29, 1.82) is 0 Å². The molecule has 0 unspecified atom stereocenters. The van der Waals surface area contributed by atoms with E-state index in [0.717, 1.165) is 49.6 Å². The van der Waals surface area contributed by atoms with Crippen molar-refractivity contribution >= 4 is 11.0 Å². The molecule has 1 aliphatic heterocycles. The molecular formula is C19H19N3O2. The van der Waals surface area contributed by atoms with Gasteiger partial charge in [-0.15, -0.1) is 0 Å². The third-order valence-corrected chi connectivity index (χ3v) is 4.78. The first-order valence-electron chi connectivity index (χ1n) is 8.43. The summed E-state index contributed by atoms with van der Waals surface area (Å²) in [6.45, 7) is 5.27. The largest absolute Gasteiger partial charge is 0.492 e. The summed E-state index contributed by atoms with van der Waals surface area (Å²) in [6.07, 6.45) is 1.89. The summed E-state index contributed by atoms with van der Waals surface area (Å²) in [7, 11) is 0. The zero-order valence-electron chi connectivity index (χ0n) is 13.4. The molecule has 24 heavy (non-hydrogen) atoms. The van der Waals surface area contributed by atoms with Crippen LogP contribution in [0.5, 0.6) is 5.75 Å². The molecule has 1 fully saturated rings. The lowest BCUT2D eigenvalue weighted by Crippen LogP contribution is -2.38. The molecule has 3 aliphatic rings. The minimum Gasteiger partial charge on any atom is -0.492 e. The predicted octanol–water partition coefficient (Wildman–Crippen LogP) is 2.72. The van der Waals surface area contributed by atoms with Gasteiger partial charge in [0.25, 0.3) is 0 Å². The van der Waals surface area contributed by atoms with Crippen LogP contribution in [-0.2, 0) is 4.74 Å². The van der Waals surface area contributed by atoms with Gasteiger partial charge in [-0.3, -0.25) is 9.47 Å². The second-order valence-electron chi connectivity index (χ2n) is 6.30. The highest BCUT2D eigenvalue weighted by Crippen LogP contribution is 2.41. The minimum atomic E-state index is 0.694. The number of hydrogen-bond donors (Lipinski definition) is 0. The predicted molar refractivity (Wildman–Crippen MR) is 92.8 cm³/mol. The van der Waals surface area contributed by atoms with Crippen LogP contribution in [0.1, 0.15) is 0 Å². The molecule has 2 heterocycles. The molecule has 0 atom stereocenters. The van der Waals surface area contributed by atoms with Gasteiger partial charge in [0.05, 0.1) is 29.9 Å². The Bertz CT molecular complexity index is 897. The molecule has 0 amide bonds. The van der Waals surface area contributed by atoms with Crippen LogP contribution in [0.2, 0.25) is 0 Å². The summed E-state index contributed by atoms with van der Waals surface area (Å²) in [6, 6.07) is 12.6. The average Bonchev–Trinajstić information content (AvgIpc) is 3.09. The fourth-order valence-corrected chi connectivity index (χ4v) is 3.33. The van der Waals surface area contributed by atoms with Crippen LogP contribution in [0.3, 0.4) is 0 Å². The molecule has 5 nitrogen and oxygen atoms in total. The molecule has 0 radical (unpaired) electrons. The van der Waals surface area contributed by atoms with E-state index < -0.39 is 0 Å². The van der Waals surface area contributed by atoms with Crippen LogP contribution in [0.25, 0.3) is 27.8 Å². The van der Waals surface area contributed by atoms with Crippen molar-refractivity contribution < 1.29 is 9.47 Å². The molecule has 1 saturated heterocycles. The van der Waals surface area contributed by atoms with Crippen molar-refractivity contribution in [3.63, 3.8) is 0 Å². The molecule has 0 saturated carbocycles. The van der Waals surface area contributed by atoms with E-state index in [0.29, 0.717) is 6.61 Å². The van der Waals surface area contributed by atoms with Crippen molar-refractivity contribution in [3.05, 3.63) is 42.7 Å². The Balaban J connectivity index is 1.33. The first-order chi connectivity index (χ1) is 11.9. The Hall–Kier alpha value is -2.37. The lowest BCUT2D eigenvalue weighted by Gasteiger charge is -2.26. The fraction of sp³-hybridized carbons (Fsp3) is 0.316. The summed E-state index contributed by atoms with van der Waals surface area (Å²) < 4.78 is 13.5. The molecule has 1 aromatic heterocycles. The van der Waals surface area contributed by atoms with Crippen LogP contribution in [0.4, 0.5) is 0 Å². The molecule has 0 bridgehead atoms. The number of benzene rings is 2. The molecule has 5 rings (SSSR count). The van der Waals surface area contributed by atoms with Crippen LogP contribution in [-0.4, -0.2) is 53.9 Å². The van der Waals surface area contributed by atoms with Crippen molar-refractivity contribution in [2.75, 3.05) is 39.5 Å². The van der Waals surface area contributed by atoms with Gasteiger partial charge < -0.3 is 9.47 Å². The fourth-order valence-electron chi connectivity index (χ4n) is 3.33. The number of hydrogen-bond acceptors (Lipinski definition) is 4. The number of imidazole rings is 1. The van der Waals surface area contributed by atoms with Gasteiger partial charge in [0.1, 0.15) is 18.7 Å². The van der Waals surface area contributed by atoms with E-state index in [1.54, 1.807) is 0 Å². The summed E-state index contributed by atoms with van der Waals surface area (Å²) >= 11 is 0. The Morgan fingerprint density at radius 3 is 2.79 bits per heavy atom. The number of nitrogens with zero attached hydrogens (tertiary/aromatic N) is 3. The number of aromatic nitrogens is 2. The maximum Gasteiger partial charge on any atom is 0.121 e. The highest BCUT2D eigenvalue weighted by molar-refractivity contribution is 5.91. The molecule has 122 valence electrons. The number of fused-ring (bicyclic) bond motifs is 2. The first kappa shape index (κ1) is 14.0. The van der Waals surface area contributed by atoms with Crippen LogP contribution >= 0.6 is 0 Å². The molecule has 0 spiro atoms. The molecule has 5 heteroatoms. The van der Waals surface area contributed by atoms with E-state index in [1.165, 1.54) is 16.8 Å². The van der Waals surface area contributed by atoms with E-state index in [2.05, 4.69) is 38.7 Å². The van der Waals surface area contributed by atoms with Crippen molar-refractivity contribution in [1.82, 2.24) is 14.5 Å². The third kappa shape index (κ3) is 2.46. The van der Waals surface area contributed by atoms with E-state index in [9.17, 15) is 0 Å². The second kappa shape index (κ2) is 5.61. The summed E-state index contributed by atoms with van der Waals surface area (Å²) in [5.41, 5.74) is 5.95. The van der Waals surface area contributed by atoms with Crippen LogP contribution < -0.4 is 4.74 Å². The zero-order chi connectivity index (χ0) is 15.9. The minimum absolute atomic E-state index is 0.694. The highest BCUT2D eigenvalue weighted by Gasteiger charge is 2.20. The van der Waals surface area contributed by atoms with Gasteiger partial charge in [0.15, 0.2) is 0 Å². The first-order valence-corrected chi connectivity index (χ1v) is 8.43. The molecule has 2 aromatic rings. The Labute approximate surface area is 140 Å². The van der Waals surface area contributed by atoms with Gasteiger partial charge in [0, 0.05) is 31.3 Å². The monoisotopic (exact) mass is 321 g/mol. The number of rotatable bonds is 5. The summed E-state index contributed by atoms with van der Waals surface area (Å²) in [5, 5.41) is 0. The average molecular weight is 321 g/mol. The zero-order valence-corrected chi connectivity index (χ0v) is 13.4. The standard InChI is InChI=1S/C19H19N3O2/c1-4-18(16-11-14(1)16)22-13-20-17-3-2-15(12-19(17)22)24-10-7-21-5-8-23-9-6-21/h1-4,11-13H,5-10H2. The van der Waals surface area contributed by atoms with Gasteiger partial charge in [0.2, 0.25) is 0 Å². The lowest BCUT2D eigenvalue weighted by atomic mass is 10.3. The lowest BCUT2D eigenvalue weighted by molar-refractivity contribution is 0.0322. The van der Waals surface area contributed by atoms with E-state index in [4.69, 9.17) is 9.47 Å². The smallest absolute Gasteiger partial charge is 0.121 e. The SMILES string of the molecule is c1cc2ncn(-c3ccc4cc3-4)c2cc1OCCN1CCOCC1. The molecular weight excluding hydrogens is 302 g/mol. The maximum atomic E-state index is 5.97. The third-order valence-electron chi connectivity index (χ3n) is 4.78. The topological polar surface area (TPSA) is 39.5 Å². The molecule has 1 aromatic carbocycles. The van der Waals surface area contributed by atoms with Crippen molar-refractivity contribution in [2.45, 2.75) is 0 Å². The summed E-state index contributed by atoms with van der Waals surface area (Å²) in [4.78, 5) is 6.88. The quantitative estimate of drug-likeness (QED) is 0.567. The Kier molecular flexibility index (Phi) is 3.28. The van der Waals surface area contributed by atoms with E-state index in [-0.39, 0.29) is 0 Å². The second-order valence-corrected chi connectivity index (χ2v) is 6.30.